The Labute approximate surface area is 121 Å². The maximum absolute atomic E-state index is 9.94. The van der Waals surface area contributed by atoms with Crippen LogP contribution in [0.25, 0.3) is 0 Å². The van der Waals surface area contributed by atoms with Gasteiger partial charge in [0.1, 0.15) is 0 Å². The van der Waals surface area contributed by atoms with Gasteiger partial charge in [-0.25, -0.2) is 0 Å². The van der Waals surface area contributed by atoms with Gasteiger partial charge in [0.2, 0.25) is 0 Å². The summed E-state index contributed by atoms with van der Waals surface area (Å²) in [5, 5.41) is 22.3. The van der Waals surface area contributed by atoms with Crippen molar-refractivity contribution in [2.45, 2.75) is 31.9 Å². The summed E-state index contributed by atoms with van der Waals surface area (Å²) in [7, 11) is 0. The number of rotatable bonds is 6. The average Bonchev–Trinajstić information content (AvgIpc) is 2.48. The molecule has 0 aromatic heterocycles. The van der Waals surface area contributed by atoms with Crippen LogP contribution in [0.15, 0.2) is 30.3 Å². The van der Waals surface area contributed by atoms with Gasteiger partial charge in [-0.05, 0) is 38.4 Å². The molecule has 1 aromatic carbocycles. The summed E-state index contributed by atoms with van der Waals surface area (Å²) in [6, 6.07) is 10.7. The zero-order chi connectivity index (χ0) is 14.4. The molecule has 0 bridgehead atoms. The van der Waals surface area contributed by atoms with Crippen LogP contribution in [0.2, 0.25) is 0 Å². The van der Waals surface area contributed by atoms with Crippen molar-refractivity contribution >= 4 is 5.69 Å². The lowest BCUT2D eigenvalue weighted by atomic mass is 9.90. The summed E-state index contributed by atoms with van der Waals surface area (Å²) in [6.07, 6.45) is 1.48. The third-order valence-corrected chi connectivity index (χ3v) is 4.05. The van der Waals surface area contributed by atoms with Gasteiger partial charge in [0, 0.05) is 37.3 Å². The van der Waals surface area contributed by atoms with Gasteiger partial charge in [0.05, 0.1) is 6.10 Å². The van der Waals surface area contributed by atoms with Crippen LogP contribution in [0, 0.1) is 5.92 Å². The molecule has 1 fully saturated rings. The molecule has 4 heteroatoms. The Morgan fingerprint density at radius 1 is 1.30 bits per heavy atom. The molecule has 0 aliphatic carbocycles. The zero-order valence-electron chi connectivity index (χ0n) is 12.2. The van der Waals surface area contributed by atoms with Gasteiger partial charge in [-0.1, -0.05) is 18.2 Å². The molecule has 3 unspecified atom stereocenters. The van der Waals surface area contributed by atoms with Crippen molar-refractivity contribution in [3.8, 4) is 0 Å². The van der Waals surface area contributed by atoms with E-state index in [0.717, 1.165) is 32.5 Å². The minimum absolute atomic E-state index is 0.224. The zero-order valence-corrected chi connectivity index (χ0v) is 12.2. The second-order valence-electron chi connectivity index (χ2n) is 5.71. The first-order valence-corrected chi connectivity index (χ1v) is 7.53. The highest BCUT2D eigenvalue weighted by atomic mass is 16.3. The monoisotopic (exact) mass is 278 g/mol. The lowest BCUT2D eigenvalue weighted by Gasteiger charge is -2.40. The number of piperidine rings is 1. The van der Waals surface area contributed by atoms with Crippen molar-refractivity contribution in [1.82, 2.24) is 5.32 Å². The van der Waals surface area contributed by atoms with E-state index in [1.165, 1.54) is 5.69 Å². The van der Waals surface area contributed by atoms with Crippen LogP contribution in [0.1, 0.15) is 19.8 Å². The third-order valence-electron chi connectivity index (χ3n) is 4.05. The number of nitrogens with zero attached hydrogens (tertiary/aromatic N) is 1. The third kappa shape index (κ3) is 4.20. The van der Waals surface area contributed by atoms with Crippen LogP contribution < -0.4 is 10.2 Å². The van der Waals surface area contributed by atoms with E-state index in [1.807, 2.05) is 13.0 Å². The van der Waals surface area contributed by atoms with E-state index in [0.29, 0.717) is 6.04 Å². The van der Waals surface area contributed by atoms with Crippen LogP contribution in [0.4, 0.5) is 5.69 Å². The van der Waals surface area contributed by atoms with Gasteiger partial charge in [-0.15, -0.1) is 0 Å². The number of hydrogen-bond donors (Lipinski definition) is 3. The molecule has 1 aliphatic heterocycles. The van der Waals surface area contributed by atoms with Gasteiger partial charge in [0.15, 0.2) is 0 Å². The summed E-state index contributed by atoms with van der Waals surface area (Å²) < 4.78 is 0. The highest BCUT2D eigenvalue weighted by Crippen LogP contribution is 2.25. The van der Waals surface area contributed by atoms with Gasteiger partial charge < -0.3 is 20.4 Å². The normalized spacial score (nSPS) is 24.6. The Hall–Kier alpha value is -1.10. The fourth-order valence-corrected chi connectivity index (χ4v) is 2.87. The summed E-state index contributed by atoms with van der Waals surface area (Å²) in [6.45, 7) is 4.79. The second kappa shape index (κ2) is 7.62. The maximum atomic E-state index is 9.94. The van der Waals surface area contributed by atoms with Crippen molar-refractivity contribution in [3.63, 3.8) is 0 Å². The highest BCUT2D eigenvalue weighted by Gasteiger charge is 2.29. The quantitative estimate of drug-likeness (QED) is 0.685. The molecule has 0 saturated carbocycles. The molecule has 20 heavy (non-hydrogen) atoms. The average molecular weight is 278 g/mol. The first kappa shape index (κ1) is 15.3. The molecule has 0 amide bonds. The molecule has 1 aliphatic rings. The lowest BCUT2D eigenvalue weighted by molar-refractivity contribution is 0.106. The van der Waals surface area contributed by atoms with Crippen LogP contribution in [-0.2, 0) is 0 Å². The number of aliphatic hydroxyl groups is 2. The summed E-state index contributed by atoms with van der Waals surface area (Å²) >= 11 is 0. The van der Waals surface area contributed by atoms with Crippen LogP contribution in [-0.4, -0.2) is 48.6 Å². The molecule has 0 radical (unpaired) electrons. The standard InChI is InChI=1S/C16H26N2O2/c1-13(20)14-10-15(17-8-5-9-19)12-18(11-14)16-6-3-2-4-7-16/h2-4,6-7,13-15,17,19-20H,5,8-12H2,1H3. The fraction of sp³-hybridized carbons (Fsp3) is 0.625. The lowest BCUT2D eigenvalue weighted by Crippen LogP contribution is -2.51. The number of hydrogen-bond acceptors (Lipinski definition) is 4. The molecule has 1 aromatic rings. The Balaban J connectivity index is 2.01. The highest BCUT2D eigenvalue weighted by molar-refractivity contribution is 5.46. The minimum Gasteiger partial charge on any atom is -0.396 e. The molecular weight excluding hydrogens is 252 g/mol. The van der Waals surface area contributed by atoms with Gasteiger partial charge in [-0.3, -0.25) is 0 Å². The molecule has 1 heterocycles. The second-order valence-corrected chi connectivity index (χ2v) is 5.71. The van der Waals surface area contributed by atoms with E-state index in [4.69, 9.17) is 5.11 Å². The maximum Gasteiger partial charge on any atom is 0.0557 e. The number of nitrogens with one attached hydrogen (secondary N) is 1. The number of benzene rings is 1. The van der Waals surface area contributed by atoms with Gasteiger partial charge in [-0.2, -0.15) is 0 Å². The summed E-state index contributed by atoms with van der Waals surface area (Å²) in [4.78, 5) is 2.34. The van der Waals surface area contributed by atoms with E-state index >= 15 is 0 Å². The fourth-order valence-electron chi connectivity index (χ4n) is 2.87. The Morgan fingerprint density at radius 2 is 2.05 bits per heavy atom. The number of para-hydroxylation sites is 1. The Morgan fingerprint density at radius 3 is 2.70 bits per heavy atom. The van der Waals surface area contributed by atoms with Crippen LogP contribution >= 0.6 is 0 Å². The summed E-state index contributed by atoms with van der Waals surface area (Å²) in [5.74, 6) is 0.288. The van der Waals surface area contributed by atoms with Gasteiger partial charge >= 0.3 is 0 Å². The van der Waals surface area contributed by atoms with Crippen LogP contribution in [0.5, 0.6) is 0 Å². The molecule has 1 saturated heterocycles. The Kier molecular flexibility index (Phi) is 5.83. The largest absolute Gasteiger partial charge is 0.396 e. The summed E-state index contributed by atoms with van der Waals surface area (Å²) in [5.41, 5.74) is 1.21. The van der Waals surface area contributed by atoms with E-state index in [2.05, 4.69) is 34.5 Å². The first-order chi connectivity index (χ1) is 9.70. The van der Waals surface area contributed by atoms with E-state index < -0.39 is 0 Å². The number of anilines is 1. The molecule has 3 N–H and O–H groups in total. The predicted octanol–water partition coefficient (Wildman–Crippen LogP) is 1.23. The molecule has 3 atom stereocenters. The number of aliphatic hydroxyl groups excluding tert-OH is 2. The molecule has 0 spiro atoms. The minimum atomic E-state index is -0.288. The molecule has 2 rings (SSSR count). The molecular formula is C16H26N2O2. The van der Waals surface area contributed by atoms with E-state index in [-0.39, 0.29) is 18.6 Å². The van der Waals surface area contributed by atoms with E-state index in [9.17, 15) is 5.11 Å². The molecule has 4 nitrogen and oxygen atoms in total. The molecule has 112 valence electrons. The van der Waals surface area contributed by atoms with Crippen molar-refractivity contribution < 1.29 is 10.2 Å². The van der Waals surface area contributed by atoms with Crippen molar-refractivity contribution in [2.24, 2.45) is 5.92 Å². The van der Waals surface area contributed by atoms with Crippen molar-refractivity contribution in [3.05, 3.63) is 30.3 Å². The first-order valence-electron chi connectivity index (χ1n) is 7.53. The Bertz CT molecular complexity index is 383. The van der Waals surface area contributed by atoms with Crippen molar-refractivity contribution in [1.29, 1.82) is 0 Å². The van der Waals surface area contributed by atoms with Gasteiger partial charge in [0.25, 0.3) is 0 Å². The van der Waals surface area contributed by atoms with E-state index in [1.54, 1.807) is 0 Å². The topological polar surface area (TPSA) is 55.7 Å². The smallest absolute Gasteiger partial charge is 0.0557 e. The van der Waals surface area contributed by atoms with Crippen LogP contribution in [0.3, 0.4) is 0 Å². The predicted molar refractivity (Wildman–Crippen MR) is 81.9 cm³/mol. The SMILES string of the molecule is CC(O)C1CC(NCCCO)CN(c2ccccc2)C1. The van der Waals surface area contributed by atoms with Crippen molar-refractivity contribution in [2.75, 3.05) is 31.1 Å².